The van der Waals surface area contributed by atoms with Gasteiger partial charge in [0.05, 0.1) is 27.2 Å². The number of unbranched alkanes of at least 4 members (excludes halogenated alkanes) is 28. The first-order valence-corrected chi connectivity index (χ1v) is 21.6. The van der Waals surface area contributed by atoms with Crippen molar-refractivity contribution in [2.24, 2.45) is 0 Å². The first-order chi connectivity index (χ1) is 23.4. The molecule has 5 nitrogen and oxygen atoms in total. The van der Waals surface area contributed by atoms with Gasteiger partial charge < -0.3 is 23.9 Å². The average molecular weight is 682 g/mol. The summed E-state index contributed by atoms with van der Waals surface area (Å²) in [5.74, 6) is -0.934. The molecule has 0 N–H and O–H groups in total. The topological polar surface area (TPSA) is 58.6 Å². The lowest BCUT2D eigenvalue weighted by Crippen LogP contribution is -2.48. The van der Waals surface area contributed by atoms with Crippen molar-refractivity contribution in [1.82, 2.24) is 0 Å². The second-order valence-corrected chi connectivity index (χ2v) is 15.8. The average Bonchev–Trinajstić information content (AvgIpc) is 3.05. The maximum Gasteiger partial charge on any atom is 0.130 e. The number of rotatable bonds is 41. The Morgan fingerprint density at radius 3 is 1.25 bits per heavy atom. The molecule has 0 bridgehead atoms. The number of hydrogen-bond donors (Lipinski definition) is 0. The summed E-state index contributed by atoms with van der Waals surface area (Å²) in [6.07, 6.45) is 41.5. The van der Waals surface area contributed by atoms with Gasteiger partial charge in [-0.25, -0.2) is 0 Å². The second kappa shape index (κ2) is 37.6. The molecule has 5 heteroatoms. The van der Waals surface area contributed by atoms with E-state index in [0.29, 0.717) is 13.0 Å². The van der Waals surface area contributed by atoms with Gasteiger partial charge in [0.15, 0.2) is 0 Å². The van der Waals surface area contributed by atoms with Crippen LogP contribution in [0.25, 0.3) is 0 Å². The minimum Gasteiger partial charge on any atom is -0.550 e. The van der Waals surface area contributed by atoms with Gasteiger partial charge in [0.25, 0.3) is 0 Å². The third kappa shape index (κ3) is 38.2. The van der Waals surface area contributed by atoms with E-state index in [2.05, 4.69) is 27.9 Å². The predicted octanol–water partition coefficient (Wildman–Crippen LogP) is 11.7. The van der Waals surface area contributed by atoms with Crippen LogP contribution in [0.2, 0.25) is 0 Å². The van der Waals surface area contributed by atoms with Crippen LogP contribution in [0.4, 0.5) is 0 Å². The van der Waals surface area contributed by atoms with E-state index in [0.717, 1.165) is 56.5 Å². The number of hydrogen-bond acceptors (Lipinski definition) is 4. The van der Waals surface area contributed by atoms with Gasteiger partial charge in [0, 0.05) is 19.2 Å². The molecule has 48 heavy (non-hydrogen) atoms. The van der Waals surface area contributed by atoms with E-state index in [-0.39, 0.29) is 12.5 Å². The van der Waals surface area contributed by atoms with Crippen molar-refractivity contribution >= 4 is 5.97 Å². The zero-order valence-corrected chi connectivity index (χ0v) is 33.3. The SMILES string of the molecule is CCCCCCCCCCCCCCCCOCC(C[N+](C)(C)CCCCCC(=O)[O-])OCCCCCCCCCCCCCCCC. The molecular formula is C43H87NO4. The van der Waals surface area contributed by atoms with Gasteiger partial charge in [-0.3, -0.25) is 0 Å². The highest BCUT2D eigenvalue weighted by Gasteiger charge is 2.23. The second-order valence-electron chi connectivity index (χ2n) is 15.8. The smallest absolute Gasteiger partial charge is 0.130 e. The van der Waals surface area contributed by atoms with Crippen molar-refractivity contribution < 1.29 is 23.9 Å². The third-order valence-electron chi connectivity index (χ3n) is 10.1. The Morgan fingerprint density at radius 2 is 0.854 bits per heavy atom. The fourth-order valence-electron chi connectivity index (χ4n) is 6.94. The fraction of sp³-hybridized carbons (Fsp3) is 0.977. The molecule has 0 spiro atoms. The van der Waals surface area contributed by atoms with Gasteiger partial charge in [-0.15, -0.1) is 0 Å². The van der Waals surface area contributed by atoms with Crippen LogP contribution in [-0.4, -0.2) is 63.6 Å². The first-order valence-electron chi connectivity index (χ1n) is 21.6. The Balaban J connectivity index is 4.08. The van der Waals surface area contributed by atoms with Gasteiger partial charge in [-0.1, -0.05) is 181 Å². The van der Waals surface area contributed by atoms with E-state index in [4.69, 9.17) is 9.47 Å². The number of carboxylic acids is 1. The van der Waals surface area contributed by atoms with E-state index in [1.807, 2.05) is 0 Å². The molecule has 1 unspecified atom stereocenters. The number of carbonyl (C=O) groups is 1. The molecule has 0 amide bonds. The summed E-state index contributed by atoms with van der Waals surface area (Å²) in [6, 6.07) is 0. The molecule has 0 saturated heterocycles. The Kier molecular flexibility index (Phi) is 37.1. The molecule has 0 fully saturated rings. The Hall–Kier alpha value is -0.650. The highest BCUT2D eigenvalue weighted by Crippen LogP contribution is 2.15. The molecule has 0 aliphatic heterocycles. The van der Waals surface area contributed by atoms with Crippen molar-refractivity contribution in [2.45, 2.75) is 225 Å². The number of carboxylic acid groups (broad SMARTS) is 1. The van der Waals surface area contributed by atoms with E-state index in [1.54, 1.807) is 0 Å². The summed E-state index contributed by atoms with van der Waals surface area (Å²) in [5, 5.41) is 10.7. The Morgan fingerprint density at radius 1 is 0.500 bits per heavy atom. The van der Waals surface area contributed by atoms with Crippen LogP contribution < -0.4 is 5.11 Å². The number of ether oxygens (including phenoxy) is 2. The van der Waals surface area contributed by atoms with Crippen LogP contribution in [0, 0.1) is 0 Å². The molecule has 0 aromatic rings. The number of aliphatic carboxylic acids is 1. The van der Waals surface area contributed by atoms with Gasteiger partial charge >= 0.3 is 0 Å². The number of nitrogens with zero attached hydrogens (tertiary/aromatic N) is 1. The number of quaternary nitrogens is 1. The molecule has 0 aliphatic rings. The molecule has 1 atom stereocenters. The van der Waals surface area contributed by atoms with Crippen molar-refractivity contribution in [3.8, 4) is 0 Å². The van der Waals surface area contributed by atoms with Crippen molar-refractivity contribution in [3.05, 3.63) is 0 Å². The van der Waals surface area contributed by atoms with Gasteiger partial charge in [-0.2, -0.15) is 0 Å². The van der Waals surface area contributed by atoms with Crippen LogP contribution in [0.1, 0.15) is 219 Å². The highest BCUT2D eigenvalue weighted by molar-refractivity contribution is 5.64. The minimum atomic E-state index is -0.934. The van der Waals surface area contributed by atoms with Crippen molar-refractivity contribution in [1.29, 1.82) is 0 Å². The number of likely N-dealkylation sites (N-methyl/N-ethyl adjacent to an activating group) is 1. The quantitative estimate of drug-likeness (QED) is 0.0476. The molecule has 0 aromatic heterocycles. The van der Waals surface area contributed by atoms with Crippen LogP contribution in [-0.2, 0) is 14.3 Å². The summed E-state index contributed by atoms with van der Waals surface area (Å²) in [6.45, 7) is 8.91. The van der Waals surface area contributed by atoms with Crippen LogP contribution in [0.15, 0.2) is 0 Å². The van der Waals surface area contributed by atoms with Crippen LogP contribution >= 0.6 is 0 Å². The highest BCUT2D eigenvalue weighted by atomic mass is 16.5. The summed E-state index contributed by atoms with van der Waals surface area (Å²) in [5.41, 5.74) is 0. The van der Waals surface area contributed by atoms with E-state index >= 15 is 0 Å². The summed E-state index contributed by atoms with van der Waals surface area (Å²) < 4.78 is 13.5. The number of carbonyl (C=O) groups excluding carboxylic acids is 1. The molecular weight excluding hydrogens is 594 g/mol. The summed E-state index contributed by atoms with van der Waals surface area (Å²) in [4.78, 5) is 10.7. The van der Waals surface area contributed by atoms with Gasteiger partial charge in [0.1, 0.15) is 12.6 Å². The third-order valence-corrected chi connectivity index (χ3v) is 10.1. The Bertz CT molecular complexity index is 640. The molecule has 0 rings (SSSR count). The normalized spacial score (nSPS) is 12.6. The molecule has 0 aromatic carbocycles. The maximum atomic E-state index is 10.7. The lowest BCUT2D eigenvalue weighted by Gasteiger charge is -2.33. The van der Waals surface area contributed by atoms with E-state index in [9.17, 15) is 9.90 Å². The van der Waals surface area contributed by atoms with Crippen molar-refractivity contribution in [3.63, 3.8) is 0 Å². The summed E-state index contributed by atoms with van der Waals surface area (Å²) in [7, 11) is 4.55. The molecule has 0 aliphatic carbocycles. The Labute approximate surface area is 301 Å². The lowest BCUT2D eigenvalue weighted by molar-refractivity contribution is -0.893. The molecule has 288 valence electrons. The molecule has 0 radical (unpaired) electrons. The van der Waals surface area contributed by atoms with E-state index < -0.39 is 5.97 Å². The molecule has 0 heterocycles. The standard InChI is InChI=1S/C43H87NO4/c1-5-7-9-11-13-15-17-19-21-23-25-27-29-34-38-47-41-42(40-44(3,4)37-33-31-32-36-43(45)46)48-39-35-30-28-26-24-22-20-18-16-14-12-10-8-6-2/h42H,5-41H2,1-4H3. The van der Waals surface area contributed by atoms with Gasteiger partial charge in [0.2, 0.25) is 0 Å². The largest absolute Gasteiger partial charge is 0.550 e. The van der Waals surface area contributed by atoms with E-state index in [1.165, 1.54) is 167 Å². The van der Waals surface area contributed by atoms with Crippen LogP contribution in [0.3, 0.4) is 0 Å². The first kappa shape index (κ1) is 47.4. The zero-order valence-electron chi connectivity index (χ0n) is 33.3. The summed E-state index contributed by atoms with van der Waals surface area (Å²) >= 11 is 0. The molecule has 0 saturated carbocycles. The van der Waals surface area contributed by atoms with Crippen LogP contribution in [0.5, 0.6) is 0 Å². The lowest BCUT2D eigenvalue weighted by atomic mass is 10.0. The fourth-order valence-corrected chi connectivity index (χ4v) is 6.94. The zero-order chi connectivity index (χ0) is 35.2. The van der Waals surface area contributed by atoms with Crippen molar-refractivity contribution in [2.75, 3.05) is 47.0 Å². The maximum absolute atomic E-state index is 10.7. The predicted molar refractivity (Wildman–Crippen MR) is 207 cm³/mol. The monoisotopic (exact) mass is 682 g/mol. The minimum absolute atomic E-state index is 0.122. The van der Waals surface area contributed by atoms with Gasteiger partial charge in [-0.05, 0) is 38.5 Å².